The number of piperazine rings is 1. The van der Waals surface area contributed by atoms with Crippen molar-refractivity contribution in [3.63, 3.8) is 0 Å². The molecule has 1 aliphatic rings. The van der Waals surface area contributed by atoms with Gasteiger partial charge in [0, 0.05) is 7.11 Å². The Morgan fingerprint density at radius 1 is 1.24 bits per heavy atom. The summed E-state index contributed by atoms with van der Waals surface area (Å²) in [6, 6.07) is 8.17. The van der Waals surface area contributed by atoms with Gasteiger partial charge in [0.25, 0.3) is 5.91 Å². The smallest absolute Gasteiger partial charge is 0.250 e. The number of rotatable bonds is 4. The van der Waals surface area contributed by atoms with Gasteiger partial charge in [-0.15, -0.1) is 0 Å². The van der Waals surface area contributed by atoms with Gasteiger partial charge in [-0.2, -0.15) is 0 Å². The highest BCUT2D eigenvalue weighted by molar-refractivity contribution is 5.97. The van der Waals surface area contributed by atoms with Gasteiger partial charge in [-0.25, -0.2) is 0 Å². The molecule has 0 saturated carbocycles. The zero-order valence-corrected chi connectivity index (χ0v) is 12.9. The highest BCUT2D eigenvalue weighted by Gasteiger charge is 2.40. The van der Waals surface area contributed by atoms with Crippen LogP contribution in [-0.4, -0.2) is 42.0 Å². The number of hydrogen-bond acceptors (Lipinski definition) is 3. The molecule has 0 aliphatic carbocycles. The maximum Gasteiger partial charge on any atom is 0.250 e. The van der Waals surface area contributed by atoms with E-state index in [1.54, 1.807) is 18.9 Å². The molecule has 1 fully saturated rings. The van der Waals surface area contributed by atoms with Crippen molar-refractivity contribution in [2.75, 3.05) is 13.7 Å². The number of methoxy groups -OCH3 is 1. The molecule has 0 radical (unpaired) electrons. The molecule has 2 rings (SSSR count). The van der Waals surface area contributed by atoms with E-state index in [-0.39, 0.29) is 11.8 Å². The van der Waals surface area contributed by atoms with Gasteiger partial charge in [-0.3, -0.25) is 9.59 Å². The van der Waals surface area contributed by atoms with Crippen LogP contribution in [-0.2, 0) is 14.3 Å². The molecule has 114 valence electrons. The monoisotopic (exact) mass is 290 g/mol. The summed E-state index contributed by atoms with van der Waals surface area (Å²) >= 11 is 0. The van der Waals surface area contributed by atoms with Gasteiger partial charge in [0.05, 0.1) is 12.1 Å². The van der Waals surface area contributed by atoms with E-state index in [2.05, 4.69) is 5.32 Å². The Morgan fingerprint density at radius 2 is 1.86 bits per heavy atom. The number of ether oxygens (including phenoxy) is 1. The molecule has 5 heteroatoms. The molecule has 0 bridgehead atoms. The highest BCUT2D eigenvalue weighted by Crippen LogP contribution is 2.24. The Balaban J connectivity index is 2.28. The Hall–Kier alpha value is -1.88. The molecular weight excluding hydrogens is 268 g/mol. The molecule has 21 heavy (non-hydrogen) atoms. The maximum absolute atomic E-state index is 12.7. The van der Waals surface area contributed by atoms with Crippen molar-refractivity contribution >= 4 is 11.8 Å². The van der Waals surface area contributed by atoms with Crippen LogP contribution in [0.3, 0.4) is 0 Å². The van der Waals surface area contributed by atoms with E-state index in [4.69, 9.17) is 4.74 Å². The molecular formula is C16H22N2O3. The summed E-state index contributed by atoms with van der Waals surface area (Å²) < 4.78 is 5.39. The fourth-order valence-electron chi connectivity index (χ4n) is 2.38. The molecule has 5 nitrogen and oxygen atoms in total. The molecule has 1 saturated heterocycles. The predicted molar refractivity (Wildman–Crippen MR) is 79.6 cm³/mol. The van der Waals surface area contributed by atoms with Crippen LogP contribution in [0.4, 0.5) is 0 Å². The number of benzene rings is 1. The maximum atomic E-state index is 12.7. The Labute approximate surface area is 125 Å². The third kappa shape index (κ3) is 3.24. The molecule has 1 aromatic carbocycles. The van der Waals surface area contributed by atoms with Crippen LogP contribution in [0.25, 0.3) is 0 Å². The quantitative estimate of drug-likeness (QED) is 0.914. The van der Waals surface area contributed by atoms with E-state index in [0.29, 0.717) is 6.54 Å². The first kappa shape index (κ1) is 15.5. The molecule has 2 amide bonds. The number of amides is 2. The van der Waals surface area contributed by atoms with Crippen LogP contribution in [0, 0.1) is 0 Å². The molecule has 1 N–H and O–H groups in total. The first-order chi connectivity index (χ1) is 9.85. The van der Waals surface area contributed by atoms with Crippen molar-refractivity contribution in [2.45, 2.75) is 38.5 Å². The molecule has 1 aliphatic heterocycles. The summed E-state index contributed by atoms with van der Waals surface area (Å²) in [4.78, 5) is 26.5. The summed E-state index contributed by atoms with van der Waals surface area (Å²) in [5, 5.41) is 2.79. The molecule has 0 spiro atoms. The average molecular weight is 290 g/mol. The summed E-state index contributed by atoms with van der Waals surface area (Å²) in [7, 11) is 1.60. The Morgan fingerprint density at radius 3 is 2.43 bits per heavy atom. The van der Waals surface area contributed by atoms with Crippen molar-refractivity contribution in [3.8, 4) is 0 Å². The number of carbonyl (C=O) groups excluding carboxylic acids is 2. The first-order valence-electron chi connectivity index (χ1n) is 7.06. The van der Waals surface area contributed by atoms with Gasteiger partial charge in [0.15, 0.2) is 0 Å². The van der Waals surface area contributed by atoms with Gasteiger partial charge < -0.3 is 15.0 Å². The van der Waals surface area contributed by atoms with Crippen LogP contribution < -0.4 is 5.32 Å². The van der Waals surface area contributed by atoms with Crippen molar-refractivity contribution in [3.05, 3.63) is 35.9 Å². The minimum atomic E-state index is -0.623. The largest absolute Gasteiger partial charge is 0.377 e. The van der Waals surface area contributed by atoms with Crippen LogP contribution in [0.15, 0.2) is 30.3 Å². The van der Waals surface area contributed by atoms with E-state index in [1.165, 1.54) is 0 Å². The summed E-state index contributed by atoms with van der Waals surface area (Å²) in [6.45, 7) is 5.91. The number of hydrogen-bond donors (Lipinski definition) is 1. The minimum absolute atomic E-state index is 0.0987. The zero-order valence-electron chi connectivity index (χ0n) is 12.9. The van der Waals surface area contributed by atoms with E-state index in [9.17, 15) is 9.59 Å². The number of nitrogens with zero attached hydrogens (tertiary/aromatic N) is 1. The van der Waals surface area contributed by atoms with Crippen LogP contribution >= 0.6 is 0 Å². The Kier molecular flexibility index (Phi) is 4.32. The van der Waals surface area contributed by atoms with Crippen molar-refractivity contribution in [1.29, 1.82) is 0 Å². The fourth-order valence-corrected chi connectivity index (χ4v) is 2.38. The standard InChI is InChI=1S/C16H22N2O3/c1-11-14(19)17-13(12-8-6-5-7-9-12)15(20)18(11)10-16(2,3)21-4/h5-9,11,13H,10H2,1-4H3,(H,17,19). The molecule has 2 unspecified atom stereocenters. The minimum Gasteiger partial charge on any atom is -0.377 e. The van der Waals surface area contributed by atoms with Crippen LogP contribution in [0.5, 0.6) is 0 Å². The van der Waals surface area contributed by atoms with Crippen molar-refractivity contribution in [1.82, 2.24) is 10.2 Å². The van der Waals surface area contributed by atoms with Gasteiger partial charge in [0.1, 0.15) is 12.1 Å². The summed E-state index contributed by atoms with van der Waals surface area (Å²) in [5.74, 6) is -0.242. The lowest BCUT2D eigenvalue weighted by molar-refractivity contribution is -0.152. The van der Waals surface area contributed by atoms with Crippen LogP contribution in [0.1, 0.15) is 32.4 Å². The molecule has 1 aromatic rings. The van der Waals surface area contributed by atoms with E-state index >= 15 is 0 Å². The van der Waals surface area contributed by atoms with Gasteiger partial charge >= 0.3 is 0 Å². The Bertz CT molecular complexity index is 528. The van der Waals surface area contributed by atoms with Gasteiger partial charge in [-0.05, 0) is 26.3 Å². The summed E-state index contributed by atoms with van der Waals surface area (Å²) in [6.07, 6.45) is 0. The first-order valence-corrected chi connectivity index (χ1v) is 7.06. The second-order valence-corrected chi connectivity index (χ2v) is 5.96. The van der Waals surface area contributed by atoms with E-state index in [1.807, 2.05) is 44.2 Å². The van der Waals surface area contributed by atoms with Gasteiger partial charge in [-0.1, -0.05) is 30.3 Å². The normalized spacial score (nSPS) is 23.1. The second-order valence-electron chi connectivity index (χ2n) is 5.96. The molecule has 2 atom stereocenters. The molecule has 1 heterocycles. The lowest BCUT2D eigenvalue weighted by Gasteiger charge is -2.41. The predicted octanol–water partition coefficient (Wildman–Crippen LogP) is 1.50. The second kappa shape index (κ2) is 5.85. The van der Waals surface area contributed by atoms with E-state index in [0.717, 1.165) is 5.56 Å². The SMILES string of the molecule is COC(C)(C)CN1C(=O)C(c2ccccc2)NC(=O)C1C. The topological polar surface area (TPSA) is 58.6 Å². The van der Waals surface area contributed by atoms with Crippen molar-refractivity contribution in [2.24, 2.45) is 0 Å². The third-order valence-corrected chi connectivity index (χ3v) is 3.90. The molecule has 0 aromatic heterocycles. The van der Waals surface area contributed by atoms with Crippen LogP contribution in [0.2, 0.25) is 0 Å². The lowest BCUT2D eigenvalue weighted by Crippen LogP contribution is -2.61. The lowest BCUT2D eigenvalue weighted by atomic mass is 9.98. The van der Waals surface area contributed by atoms with Gasteiger partial charge in [0.2, 0.25) is 5.91 Å². The summed E-state index contributed by atoms with van der Waals surface area (Å²) in [5.41, 5.74) is 0.297. The average Bonchev–Trinajstić information content (AvgIpc) is 2.48. The highest BCUT2D eigenvalue weighted by atomic mass is 16.5. The fraction of sp³-hybridized carbons (Fsp3) is 0.500. The third-order valence-electron chi connectivity index (χ3n) is 3.90. The number of nitrogens with one attached hydrogen (secondary N) is 1. The van der Waals surface area contributed by atoms with Crippen molar-refractivity contribution < 1.29 is 14.3 Å². The number of carbonyl (C=O) groups is 2. The van der Waals surface area contributed by atoms with E-state index < -0.39 is 17.7 Å². The zero-order chi connectivity index (χ0) is 15.6.